The molecule has 3 N–H and O–H groups in total. The van der Waals surface area contributed by atoms with Crippen LogP contribution < -0.4 is 35.7 Å². The summed E-state index contributed by atoms with van der Waals surface area (Å²) in [4.78, 5) is 23.5. The number of nitrogens with one attached hydrogen (secondary N) is 2. The van der Waals surface area contributed by atoms with E-state index in [2.05, 4.69) is 10.6 Å². The molecule has 0 aliphatic heterocycles. The molecule has 8 nitrogen and oxygen atoms in total. The highest BCUT2D eigenvalue weighted by Crippen LogP contribution is 2.42. The van der Waals surface area contributed by atoms with Crippen LogP contribution in [0.1, 0.15) is 35.7 Å². The summed E-state index contributed by atoms with van der Waals surface area (Å²) in [5.74, 6) is -1.37. The lowest BCUT2D eigenvalue weighted by molar-refractivity contribution is 0.355. The van der Waals surface area contributed by atoms with Crippen molar-refractivity contribution in [3.63, 3.8) is 0 Å². The van der Waals surface area contributed by atoms with Gasteiger partial charge >= 0.3 is 0 Å². The first-order valence-electron chi connectivity index (χ1n) is 11.6. The van der Waals surface area contributed by atoms with Crippen LogP contribution in [0.2, 0.25) is 0 Å². The summed E-state index contributed by atoms with van der Waals surface area (Å²) in [5.41, 5.74) is 0.147. The average Bonchev–Trinajstić information content (AvgIpc) is 2.94. The van der Waals surface area contributed by atoms with Crippen LogP contribution in [0.5, 0.6) is 23.0 Å². The number of hydrogen-bond donors (Lipinski definition) is 3. The minimum absolute atomic E-state index is 0.242. The minimum atomic E-state index is -0.979. The lowest BCUT2D eigenvalue weighted by atomic mass is 9.95. The Morgan fingerprint density at radius 1 is 0.789 bits per heavy atom. The van der Waals surface area contributed by atoms with Crippen molar-refractivity contribution in [3.8, 4) is 23.0 Å². The molecule has 198 valence electrons. The van der Waals surface area contributed by atoms with Gasteiger partial charge in [0.15, 0.2) is 28.9 Å². The molecule has 0 aliphatic carbocycles. The molecule has 0 heterocycles. The van der Waals surface area contributed by atoms with Gasteiger partial charge in [-0.05, 0) is 60.0 Å². The van der Waals surface area contributed by atoms with E-state index in [-0.39, 0.29) is 17.1 Å². The van der Waals surface area contributed by atoms with Crippen molar-refractivity contribution in [1.29, 1.82) is 0 Å². The molecule has 4 aromatic carbocycles. The van der Waals surface area contributed by atoms with Crippen molar-refractivity contribution in [2.45, 2.75) is 19.0 Å². The summed E-state index contributed by atoms with van der Waals surface area (Å²) in [6.45, 7) is 1.81. The van der Waals surface area contributed by atoms with Crippen LogP contribution in [0, 0.1) is 11.6 Å². The monoisotopic (exact) mass is 524 g/mol. The first kappa shape index (κ1) is 26.6. The molecule has 0 aliphatic rings. The molecule has 10 heteroatoms. The van der Waals surface area contributed by atoms with Crippen molar-refractivity contribution in [1.82, 2.24) is 5.32 Å². The summed E-state index contributed by atoms with van der Waals surface area (Å²) in [7, 11) is 4.41. The molecule has 38 heavy (non-hydrogen) atoms. The normalized spacial score (nSPS) is 12.7. The summed E-state index contributed by atoms with van der Waals surface area (Å²) in [6.07, 6.45) is 0. The molecule has 2 unspecified atom stereocenters. The largest absolute Gasteiger partial charge is 0.502 e. The number of rotatable bonds is 10. The van der Waals surface area contributed by atoms with Crippen molar-refractivity contribution >= 4 is 11.4 Å². The predicted molar refractivity (Wildman–Crippen MR) is 139 cm³/mol. The molecule has 4 aromatic rings. The third kappa shape index (κ3) is 5.03. The minimum Gasteiger partial charge on any atom is -0.502 e. The summed E-state index contributed by atoms with van der Waals surface area (Å²) in [6, 6.07) is 13.4. The van der Waals surface area contributed by atoms with E-state index in [0.717, 1.165) is 17.7 Å². The fraction of sp³-hybridized carbons (Fsp3) is 0.214. The zero-order valence-electron chi connectivity index (χ0n) is 21.1. The highest BCUT2D eigenvalue weighted by Gasteiger charge is 2.26. The number of methoxy groups -OCH3 is 3. The Kier molecular flexibility index (Phi) is 7.63. The molecule has 4 rings (SSSR count). The maximum Gasteiger partial charge on any atom is 0.271 e. The third-order valence-electron chi connectivity index (χ3n) is 6.29. The van der Waals surface area contributed by atoms with Gasteiger partial charge < -0.3 is 24.6 Å². The fourth-order valence-electron chi connectivity index (χ4n) is 4.18. The number of benzene rings is 3. The van der Waals surface area contributed by atoms with E-state index in [9.17, 15) is 23.5 Å². The molecule has 0 spiro atoms. The molecule has 0 saturated heterocycles. The lowest BCUT2D eigenvalue weighted by Gasteiger charge is -2.27. The SMILES string of the molecule is COc1ccc(C(NC(C)c2ccc(F)c(F)c2)c2cc(Nc3c(O)c(=O)c3=O)c(OC)c(OC)c2)cc1. The van der Waals surface area contributed by atoms with Crippen molar-refractivity contribution in [2.75, 3.05) is 26.6 Å². The van der Waals surface area contributed by atoms with Gasteiger partial charge in [-0.15, -0.1) is 0 Å². The van der Waals surface area contributed by atoms with Crippen LogP contribution in [-0.4, -0.2) is 26.4 Å². The van der Waals surface area contributed by atoms with Gasteiger partial charge in [-0.1, -0.05) is 18.2 Å². The summed E-state index contributed by atoms with van der Waals surface area (Å²) >= 11 is 0. The fourth-order valence-corrected chi connectivity index (χ4v) is 4.18. The second-order valence-electron chi connectivity index (χ2n) is 8.58. The van der Waals surface area contributed by atoms with Crippen molar-refractivity contribution in [2.24, 2.45) is 0 Å². The highest BCUT2D eigenvalue weighted by molar-refractivity contribution is 5.76. The molecule has 0 fully saturated rings. The van der Waals surface area contributed by atoms with E-state index in [1.807, 2.05) is 19.1 Å². The Balaban J connectivity index is 1.82. The Bertz CT molecular complexity index is 1530. The second-order valence-corrected chi connectivity index (χ2v) is 8.58. The van der Waals surface area contributed by atoms with Gasteiger partial charge in [0.25, 0.3) is 10.9 Å². The van der Waals surface area contributed by atoms with E-state index < -0.39 is 40.3 Å². The zero-order valence-corrected chi connectivity index (χ0v) is 21.1. The number of ether oxygens (including phenoxy) is 3. The van der Waals surface area contributed by atoms with E-state index in [0.29, 0.717) is 22.6 Å². The van der Waals surface area contributed by atoms with Crippen LogP contribution in [-0.2, 0) is 0 Å². The van der Waals surface area contributed by atoms with Gasteiger partial charge in [-0.2, -0.15) is 0 Å². The van der Waals surface area contributed by atoms with Crippen LogP contribution in [0.15, 0.2) is 64.2 Å². The lowest BCUT2D eigenvalue weighted by Crippen LogP contribution is -2.32. The molecular weight excluding hydrogens is 498 g/mol. The molecule has 0 saturated carbocycles. The van der Waals surface area contributed by atoms with Gasteiger partial charge in [0.1, 0.15) is 11.4 Å². The number of hydrogen-bond acceptors (Lipinski definition) is 8. The molecular formula is C28H26F2N2O6. The molecule has 2 atom stereocenters. The van der Waals surface area contributed by atoms with Crippen LogP contribution >= 0.6 is 0 Å². The topological polar surface area (TPSA) is 106 Å². The Morgan fingerprint density at radius 2 is 1.47 bits per heavy atom. The van der Waals surface area contributed by atoms with Gasteiger partial charge in [0.05, 0.1) is 33.1 Å². The van der Waals surface area contributed by atoms with Crippen molar-refractivity contribution in [3.05, 3.63) is 103 Å². The third-order valence-corrected chi connectivity index (χ3v) is 6.29. The van der Waals surface area contributed by atoms with E-state index in [4.69, 9.17) is 14.2 Å². The number of anilines is 2. The van der Waals surface area contributed by atoms with Gasteiger partial charge in [0, 0.05) is 6.04 Å². The summed E-state index contributed by atoms with van der Waals surface area (Å²) in [5, 5.41) is 16.1. The van der Waals surface area contributed by atoms with Crippen LogP contribution in [0.25, 0.3) is 0 Å². The molecule has 0 amide bonds. The molecule has 0 radical (unpaired) electrons. The number of halogens is 2. The first-order valence-corrected chi connectivity index (χ1v) is 11.6. The maximum atomic E-state index is 14.0. The zero-order chi connectivity index (χ0) is 27.6. The Hall–Kier alpha value is -4.44. The smallest absolute Gasteiger partial charge is 0.271 e. The standard InChI is InChI=1S/C28H26F2N2O6/c1-14(16-7-10-19(29)20(30)11-16)31-23(15-5-8-18(36-2)9-6-15)17-12-21(28(38-4)22(13-17)37-3)32-24-25(33)27(35)26(24)34/h5-14,23,31-33H,1-4H3. The predicted octanol–water partition coefficient (Wildman–Crippen LogP) is 4.48. The van der Waals surface area contributed by atoms with Crippen molar-refractivity contribution < 1.29 is 28.1 Å². The number of aromatic hydroxyl groups is 1. The molecule has 0 aromatic heterocycles. The second kappa shape index (κ2) is 10.9. The molecule has 0 bridgehead atoms. The van der Waals surface area contributed by atoms with Crippen LogP contribution in [0.3, 0.4) is 0 Å². The van der Waals surface area contributed by atoms with E-state index >= 15 is 0 Å². The maximum absolute atomic E-state index is 14.0. The average molecular weight is 525 g/mol. The highest BCUT2D eigenvalue weighted by atomic mass is 19.2. The van der Waals surface area contributed by atoms with E-state index in [1.165, 1.54) is 20.3 Å². The van der Waals surface area contributed by atoms with Crippen LogP contribution in [0.4, 0.5) is 20.2 Å². The Morgan fingerprint density at radius 3 is 2.05 bits per heavy atom. The first-order chi connectivity index (χ1) is 18.2. The van der Waals surface area contributed by atoms with Gasteiger partial charge in [-0.25, -0.2) is 8.78 Å². The quantitative estimate of drug-likeness (QED) is 0.261. The van der Waals surface area contributed by atoms with Gasteiger partial charge in [-0.3, -0.25) is 14.9 Å². The Labute approximate surface area is 217 Å². The summed E-state index contributed by atoms with van der Waals surface area (Å²) < 4.78 is 43.8. The van der Waals surface area contributed by atoms with Gasteiger partial charge in [0.2, 0.25) is 0 Å². The van der Waals surface area contributed by atoms with E-state index in [1.54, 1.807) is 31.4 Å².